The van der Waals surface area contributed by atoms with E-state index in [1.807, 2.05) is 12.1 Å². The lowest BCUT2D eigenvalue weighted by Crippen LogP contribution is -2.47. The highest BCUT2D eigenvalue weighted by atomic mass is 19.1. The molecule has 0 aliphatic carbocycles. The van der Waals surface area contributed by atoms with E-state index in [9.17, 15) is 9.18 Å². The molecule has 0 unspecified atom stereocenters. The summed E-state index contributed by atoms with van der Waals surface area (Å²) >= 11 is 0. The summed E-state index contributed by atoms with van der Waals surface area (Å²) in [5, 5.41) is 3.19. The van der Waals surface area contributed by atoms with Gasteiger partial charge in [-0.25, -0.2) is 4.39 Å². The molecule has 4 rings (SSSR count). The Labute approximate surface area is 196 Å². The minimum absolute atomic E-state index is 0.0806. The van der Waals surface area contributed by atoms with E-state index in [0.29, 0.717) is 18.4 Å². The molecule has 7 heteroatoms. The van der Waals surface area contributed by atoms with E-state index in [4.69, 9.17) is 4.74 Å². The fourth-order valence-corrected chi connectivity index (χ4v) is 5.11. The highest BCUT2D eigenvalue weighted by Gasteiger charge is 2.32. The van der Waals surface area contributed by atoms with Crippen molar-refractivity contribution in [1.82, 2.24) is 20.1 Å². The lowest BCUT2D eigenvalue weighted by molar-refractivity contribution is -0.127. The molecule has 2 aromatic rings. The number of rotatable bonds is 9. The second kappa shape index (κ2) is 11.6. The van der Waals surface area contributed by atoms with Crippen LogP contribution < -0.4 is 10.1 Å². The summed E-state index contributed by atoms with van der Waals surface area (Å²) in [6.45, 7) is 4.68. The number of carbonyl (C=O) groups excluding carboxylic acids is 1. The maximum absolute atomic E-state index is 13.5. The van der Waals surface area contributed by atoms with Crippen molar-refractivity contribution >= 4 is 5.91 Å². The first-order valence-corrected chi connectivity index (χ1v) is 12.0. The molecule has 178 valence electrons. The van der Waals surface area contributed by atoms with Gasteiger partial charge in [0, 0.05) is 56.6 Å². The summed E-state index contributed by atoms with van der Waals surface area (Å²) in [6, 6.07) is 10.8. The summed E-state index contributed by atoms with van der Waals surface area (Å²) in [5.41, 5.74) is 1.18. The number of halogens is 1. The largest absolute Gasteiger partial charge is 0.493 e. The predicted molar refractivity (Wildman–Crippen MR) is 126 cm³/mol. The number of ether oxygens (including phenoxy) is 1. The Morgan fingerprint density at radius 3 is 2.85 bits per heavy atom. The zero-order chi connectivity index (χ0) is 23.0. The van der Waals surface area contributed by atoms with E-state index in [-0.39, 0.29) is 23.6 Å². The van der Waals surface area contributed by atoms with Gasteiger partial charge in [-0.05, 0) is 69.1 Å². The maximum Gasteiger partial charge on any atom is 0.224 e. The number of carbonyl (C=O) groups is 1. The topological polar surface area (TPSA) is 57.7 Å². The van der Waals surface area contributed by atoms with Gasteiger partial charge in [0.2, 0.25) is 5.91 Å². The number of pyridine rings is 1. The number of amides is 1. The van der Waals surface area contributed by atoms with Crippen LogP contribution in [0.1, 0.15) is 31.2 Å². The zero-order valence-electron chi connectivity index (χ0n) is 19.5. The van der Waals surface area contributed by atoms with Crippen LogP contribution in [0.25, 0.3) is 0 Å². The molecule has 0 radical (unpaired) electrons. The molecule has 1 amide bonds. The van der Waals surface area contributed by atoms with Crippen LogP contribution in [-0.2, 0) is 11.3 Å². The van der Waals surface area contributed by atoms with Gasteiger partial charge < -0.3 is 15.0 Å². The van der Waals surface area contributed by atoms with Crippen molar-refractivity contribution in [2.24, 2.45) is 11.8 Å². The number of likely N-dealkylation sites (tertiary alicyclic amines) is 2. The van der Waals surface area contributed by atoms with Gasteiger partial charge >= 0.3 is 0 Å². The fraction of sp³-hybridized carbons (Fsp3) is 0.538. The molecule has 1 aromatic heterocycles. The minimum Gasteiger partial charge on any atom is -0.493 e. The standard InChI is InChI=1S/C26H35FN4O2/c1-30-13-3-5-24(30)9-12-29-26(32)22-14-21(19-33-25-6-2-4-23(27)15-25)17-31(18-22)16-20-7-10-28-11-8-20/h2,4,6-8,10-11,15,21-22,24H,3,5,9,12-14,16-19H2,1H3,(H,29,32)/t21-,22+,24+/m0/s1. The van der Waals surface area contributed by atoms with Crippen LogP contribution >= 0.6 is 0 Å². The van der Waals surface area contributed by atoms with Crippen LogP contribution in [0.5, 0.6) is 5.75 Å². The lowest BCUT2D eigenvalue weighted by atomic mass is 9.88. The molecule has 2 fully saturated rings. The third-order valence-electron chi connectivity index (χ3n) is 6.87. The highest BCUT2D eigenvalue weighted by Crippen LogP contribution is 2.25. The van der Waals surface area contributed by atoms with E-state index in [1.54, 1.807) is 24.5 Å². The lowest BCUT2D eigenvalue weighted by Gasteiger charge is -2.37. The molecule has 2 saturated heterocycles. The molecular weight excluding hydrogens is 419 g/mol. The van der Waals surface area contributed by atoms with Crippen LogP contribution in [0.15, 0.2) is 48.8 Å². The molecule has 0 bridgehead atoms. The van der Waals surface area contributed by atoms with Crippen LogP contribution in [0.3, 0.4) is 0 Å². The molecule has 3 heterocycles. The van der Waals surface area contributed by atoms with Gasteiger partial charge in [-0.2, -0.15) is 0 Å². The summed E-state index contributed by atoms with van der Waals surface area (Å²) < 4.78 is 19.4. The van der Waals surface area contributed by atoms with Crippen molar-refractivity contribution in [2.45, 2.75) is 38.3 Å². The Hall–Kier alpha value is -2.51. The molecule has 0 spiro atoms. The summed E-state index contributed by atoms with van der Waals surface area (Å²) in [7, 11) is 2.17. The third-order valence-corrected chi connectivity index (χ3v) is 6.87. The number of hydrogen-bond acceptors (Lipinski definition) is 5. The van der Waals surface area contributed by atoms with E-state index >= 15 is 0 Å². The molecule has 1 aromatic carbocycles. The number of piperidine rings is 1. The molecule has 0 saturated carbocycles. The van der Waals surface area contributed by atoms with Gasteiger partial charge in [0.1, 0.15) is 11.6 Å². The Balaban J connectivity index is 1.34. The van der Waals surface area contributed by atoms with Crippen LogP contribution in [0.2, 0.25) is 0 Å². The van der Waals surface area contributed by atoms with Gasteiger partial charge in [0.05, 0.1) is 12.5 Å². The average molecular weight is 455 g/mol. The van der Waals surface area contributed by atoms with Gasteiger partial charge in [-0.1, -0.05) is 6.07 Å². The molecular formula is C26H35FN4O2. The number of nitrogens with zero attached hydrogens (tertiary/aromatic N) is 3. The van der Waals surface area contributed by atoms with Crippen molar-refractivity contribution in [2.75, 3.05) is 39.8 Å². The van der Waals surface area contributed by atoms with Crippen molar-refractivity contribution in [3.63, 3.8) is 0 Å². The van der Waals surface area contributed by atoms with Crippen molar-refractivity contribution < 1.29 is 13.9 Å². The number of nitrogens with one attached hydrogen (secondary N) is 1. The van der Waals surface area contributed by atoms with Crippen molar-refractivity contribution in [1.29, 1.82) is 0 Å². The first-order valence-electron chi connectivity index (χ1n) is 12.0. The number of hydrogen-bond donors (Lipinski definition) is 1. The first-order chi connectivity index (χ1) is 16.1. The summed E-state index contributed by atoms with van der Waals surface area (Å²) in [6.07, 6.45) is 7.84. The Morgan fingerprint density at radius 2 is 2.09 bits per heavy atom. The van der Waals surface area contributed by atoms with Crippen molar-refractivity contribution in [3.05, 3.63) is 60.2 Å². The van der Waals surface area contributed by atoms with Gasteiger partial charge in [0.25, 0.3) is 0 Å². The molecule has 2 aliphatic rings. The Kier molecular flexibility index (Phi) is 8.29. The predicted octanol–water partition coefficient (Wildman–Crippen LogP) is 3.34. The Bertz CT molecular complexity index is 897. The normalized spacial score (nSPS) is 24.0. The maximum atomic E-state index is 13.5. The quantitative estimate of drug-likeness (QED) is 0.630. The van der Waals surface area contributed by atoms with Gasteiger partial charge in [0.15, 0.2) is 0 Å². The van der Waals surface area contributed by atoms with E-state index < -0.39 is 0 Å². The smallest absolute Gasteiger partial charge is 0.224 e. The van der Waals surface area contributed by atoms with Crippen LogP contribution in [0.4, 0.5) is 4.39 Å². The average Bonchev–Trinajstić information content (AvgIpc) is 3.23. The second-order valence-electron chi connectivity index (χ2n) is 9.47. The van der Waals surface area contributed by atoms with Gasteiger partial charge in [-0.3, -0.25) is 14.7 Å². The number of aromatic nitrogens is 1. The third kappa shape index (κ3) is 6.98. The molecule has 6 nitrogen and oxygen atoms in total. The van der Waals surface area contributed by atoms with E-state index in [2.05, 4.69) is 27.1 Å². The molecule has 3 atom stereocenters. The molecule has 2 aliphatic heterocycles. The first kappa shape index (κ1) is 23.6. The summed E-state index contributed by atoms with van der Waals surface area (Å²) in [4.78, 5) is 21.9. The highest BCUT2D eigenvalue weighted by molar-refractivity contribution is 5.79. The van der Waals surface area contributed by atoms with Crippen molar-refractivity contribution in [3.8, 4) is 5.75 Å². The monoisotopic (exact) mass is 454 g/mol. The van der Waals surface area contributed by atoms with E-state index in [1.165, 1.54) is 30.5 Å². The van der Waals surface area contributed by atoms with Gasteiger partial charge in [-0.15, -0.1) is 0 Å². The van der Waals surface area contributed by atoms with E-state index in [0.717, 1.165) is 45.6 Å². The number of benzene rings is 1. The van der Waals surface area contributed by atoms with Crippen LogP contribution in [0, 0.1) is 17.7 Å². The molecule has 1 N–H and O–H groups in total. The zero-order valence-corrected chi connectivity index (χ0v) is 19.5. The summed E-state index contributed by atoms with van der Waals surface area (Å²) in [5.74, 6) is 0.470. The van der Waals surface area contributed by atoms with Crippen LogP contribution in [-0.4, -0.2) is 66.6 Å². The molecule has 33 heavy (non-hydrogen) atoms. The second-order valence-corrected chi connectivity index (χ2v) is 9.47. The Morgan fingerprint density at radius 1 is 1.24 bits per heavy atom. The minimum atomic E-state index is -0.305. The fourth-order valence-electron chi connectivity index (χ4n) is 5.11. The SMILES string of the molecule is CN1CCC[C@@H]1CCNC(=O)[C@@H]1C[C@H](COc2cccc(F)c2)CN(Cc2ccncc2)C1.